The number of halogens is 3. The maximum absolute atomic E-state index is 13.2. The number of alkyl halides is 3. The zero-order valence-electron chi connectivity index (χ0n) is 58.9. The van der Waals surface area contributed by atoms with Gasteiger partial charge in [-0.2, -0.15) is 65.8 Å². The fourth-order valence-corrected chi connectivity index (χ4v) is 24.5. The number of ether oxygens (including phenoxy) is 17. The van der Waals surface area contributed by atoms with Crippen LogP contribution >= 0.6 is 0 Å². The Balaban J connectivity index is 0.000000143. The average Bonchev–Trinajstić information content (AvgIpc) is 1.52. The van der Waals surface area contributed by atoms with E-state index in [1.165, 1.54) is 0 Å². The largest absolute Gasteiger partial charge is 0.469 e. The molecular formula is C62H61F3N2O44S5. The van der Waals surface area contributed by atoms with Crippen LogP contribution in [0.15, 0.2) is 63.3 Å². The summed E-state index contributed by atoms with van der Waals surface area (Å²) in [6, 6.07) is 3.62. The van der Waals surface area contributed by atoms with Crippen LogP contribution in [0, 0.1) is 40.4 Å². The number of hydrogen-bond donors (Lipinski definition) is 0. The topological polar surface area (TPSA) is 626 Å². The third-order valence-electron chi connectivity index (χ3n) is 20.2. The zero-order chi connectivity index (χ0) is 85.4. The summed E-state index contributed by atoms with van der Waals surface area (Å²) in [5.74, 6) is -15.1. The minimum Gasteiger partial charge on any atom is -0.469 e. The molecule has 28 unspecified atom stereocenters. The van der Waals surface area contributed by atoms with E-state index < -0.39 is 327 Å². The van der Waals surface area contributed by atoms with E-state index >= 15 is 0 Å². The van der Waals surface area contributed by atoms with Crippen LogP contribution in [-0.2, 0) is 210 Å². The summed E-state index contributed by atoms with van der Waals surface area (Å²) < 4.78 is 264. The molecule has 15 fully saturated rings. The van der Waals surface area contributed by atoms with Crippen molar-refractivity contribution in [3.63, 3.8) is 0 Å². The summed E-state index contributed by atoms with van der Waals surface area (Å²) in [7, 11) is -18.7. The molecule has 15 heterocycles. The highest BCUT2D eigenvalue weighted by atomic mass is 32.2. The first kappa shape index (κ1) is 87.3. The molecule has 634 valence electrons. The van der Waals surface area contributed by atoms with Crippen molar-refractivity contribution < 1.29 is 214 Å². The summed E-state index contributed by atoms with van der Waals surface area (Å²) in [4.78, 5) is 137. The number of rotatable bonds is 22. The van der Waals surface area contributed by atoms with Gasteiger partial charge in [0.1, 0.15) is 119 Å². The van der Waals surface area contributed by atoms with Crippen molar-refractivity contribution in [2.24, 2.45) is 17.8 Å². The number of hydrogen-bond acceptors (Lipinski definition) is 46. The number of carbonyl (C=O) groups is 12. The third kappa shape index (κ3) is 15.4. The molecule has 0 aromatic rings. The number of fused-ring (bicyclic) bond motifs is 5. The second-order valence-corrected chi connectivity index (χ2v) is 35.2. The van der Waals surface area contributed by atoms with Crippen molar-refractivity contribution in [3.8, 4) is 12.1 Å². The molecule has 0 aromatic heterocycles. The Bertz CT molecular complexity index is 4870. The zero-order valence-corrected chi connectivity index (χ0v) is 63.0. The monoisotopic (exact) mass is 1750 g/mol. The van der Waals surface area contributed by atoms with Crippen molar-refractivity contribution in [1.29, 1.82) is 10.5 Å². The average molecular weight is 1760 g/mol. The van der Waals surface area contributed by atoms with Gasteiger partial charge in [-0.25, -0.2) is 47.9 Å². The highest BCUT2D eigenvalue weighted by molar-refractivity contribution is 7.89. The van der Waals surface area contributed by atoms with Crippen molar-refractivity contribution in [2.75, 3.05) is 47.3 Å². The van der Waals surface area contributed by atoms with E-state index in [9.17, 15) is 118 Å². The Morgan fingerprint density at radius 2 is 0.776 bits per heavy atom. The molecule has 0 radical (unpaired) electrons. The van der Waals surface area contributed by atoms with Crippen molar-refractivity contribution in [2.45, 2.75) is 166 Å². The van der Waals surface area contributed by atoms with Crippen LogP contribution in [-0.4, -0.2) is 314 Å². The van der Waals surface area contributed by atoms with Gasteiger partial charge in [0.15, 0.2) is 63.6 Å². The summed E-state index contributed by atoms with van der Waals surface area (Å²) in [5.41, 5.74) is 0. The van der Waals surface area contributed by atoms with Crippen molar-refractivity contribution >= 4 is 122 Å². The minimum atomic E-state index is -4.88. The molecule has 10 bridgehead atoms. The van der Waals surface area contributed by atoms with Gasteiger partial charge in [-0.05, 0) is 0 Å². The summed E-state index contributed by atoms with van der Waals surface area (Å²) >= 11 is 0. The van der Waals surface area contributed by atoms with Crippen LogP contribution in [0.4, 0.5) is 13.2 Å². The first-order valence-electron chi connectivity index (χ1n) is 33.2. The molecular weight excluding hydrogens is 1690 g/mol. The van der Waals surface area contributed by atoms with E-state index in [0.717, 1.165) is 44.6 Å². The molecule has 116 heavy (non-hydrogen) atoms. The standard InChI is InChI=1S/2C13H14O10S.C12H11F3O8S.2C12H11NO8S/c1-3-7(14)20-5-8(15)22-9-6-4-13(12(16)19-2)11(21-6)10(9)23-24(13,17)18;1-3-5(14)20-4-6(15)21-9-8-7(13(16)19-2)12-11(22-8)10(9)23-24(12,17)18;1-2-4(16)20-3-5(17)21-8-7-6(12(13,14)15)11-10(22-7)9(8)23-24(11,18)19;1-2-7(14)18-4-8(15)20-9-6-3-12(5-13)11(19-6)10(9)21-22(12,16)17;1-2-6(14)18-4-7(15)19-9-8-5(3-13)12-11(20-8)10(9)21-22(12,16)17/h3,6,9-11H,1,4-5H2,2H3;3,7-12H,1,4H2,2H3;2,6-11H,1,3H2;2,6,9-11H,1,3-4H2;2,5,8-12H,1,4H2. The van der Waals surface area contributed by atoms with Gasteiger partial charge in [0.25, 0.3) is 50.6 Å². The van der Waals surface area contributed by atoms with Gasteiger partial charge >= 0.3 is 77.8 Å². The maximum Gasteiger partial charge on any atom is 0.395 e. The van der Waals surface area contributed by atoms with Gasteiger partial charge in [0.05, 0.1) is 32.3 Å². The van der Waals surface area contributed by atoms with Crippen molar-refractivity contribution in [1.82, 2.24) is 0 Å². The lowest BCUT2D eigenvalue weighted by Crippen LogP contribution is -2.54. The lowest BCUT2D eigenvalue weighted by atomic mass is 9.84. The van der Waals surface area contributed by atoms with Gasteiger partial charge in [0.2, 0.25) is 9.49 Å². The molecule has 0 spiro atoms. The Labute approximate surface area is 650 Å². The summed E-state index contributed by atoms with van der Waals surface area (Å²) in [6.07, 6.45) is -22.6. The van der Waals surface area contributed by atoms with Crippen LogP contribution in [0.3, 0.4) is 0 Å². The normalized spacial score (nSPS) is 38.8. The van der Waals surface area contributed by atoms with Crippen molar-refractivity contribution in [3.05, 3.63) is 63.3 Å². The number of nitrogens with zero attached hydrogens (tertiary/aromatic N) is 2. The predicted octanol–water partition coefficient (Wildman–Crippen LogP) is -6.15. The molecule has 0 N–H and O–H groups in total. The van der Waals surface area contributed by atoms with E-state index in [-0.39, 0.29) is 12.8 Å². The van der Waals surface area contributed by atoms with E-state index in [0.29, 0.717) is 0 Å². The molecule has 46 nitrogen and oxygen atoms in total. The second-order valence-electron chi connectivity index (χ2n) is 26.4. The Morgan fingerprint density at radius 3 is 1.19 bits per heavy atom. The summed E-state index contributed by atoms with van der Waals surface area (Å²) in [5, 5.41) is 14.2. The molecule has 0 aliphatic carbocycles. The first-order chi connectivity index (χ1) is 54.3. The second kappa shape index (κ2) is 32.4. The minimum absolute atomic E-state index is 0.128. The lowest BCUT2D eigenvalue weighted by Gasteiger charge is -2.29. The molecule has 15 aliphatic rings. The van der Waals surface area contributed by atoms with Gasteiger partial charge in [-0.1, -0.05) is 32.9 Å². The Kier molecular flexibility index (Phi) is 24.4. The maximum atomic E-state index is 13.2. The van der Waals surface area contributed by atoms with Crippen LogP contribution in [0.5, 0.6) is 0 Å². The Morgan fingerprint density at radius 1 is 0.422 bits per heavy atom. The lowest BCUT2D eigenvalue weighted by molar-refractivity contribution is -0.201. The van der Waals surface area contributed by atoms with E-state index in [4.69, 9.17) is 69.4 Å². The quantitative estimate of drug-likeness (QED) is 0.0421. The van der Waals surface area contributed by atoms with Crippen LogP contribution < -0.4 is 0 Å². The number of carbonyl (C=O) groups excluding carboxylic acids is 12. The smallest absolute Gasteiger partial charge is 0.395 e. The van der Waals surface area contributed by atoms with E-state index in [2.05, 4.69) is 70.2 Å². The third-order valence-corrected chi connectivity index (χ3v) is 29.1. The van der Waals surface area contributed by atoms with Gasteiger partial charge in [-0.15, -0.1) is 0 Å². The molecule has 15 saturated heterocycles. The Hall–Kier alpha value is -9.54. The van der Waals surface area contributed by atoms with Crippen LogP contribution in [0.1, 0.15) is 12.8 Å². The molecule has 15 aliphatic heterocycles. The molecule has 28 atom stereocenters. The molecule has 0 aromatic carbocycles. The fraction of sp³-hybridized carbons (Fsp3) is 0.613. The molecule has 15 rings (SSSR count). The fourth-order valence-electron chi connectivity index (χ4n) is 15.6. The number of esters is 12. The highest BCUT2D eigenvalue weighted by Gasteiger charge is 2.82. The molecule has 54 heteroatoms. The van der Waals surface area contributed by atoms with Crippen LogP contribution in [0.2, 0.25) is 0 Å². The van der Waals surface area contributed by atoms with Crippen LogP contribution in [0.25, 0.3) is 0 Å². The van der Waals surface area contributed by atoms with E-state index in [1.54, 1.807) is 6.07 Å². The number of methoxy groups -OCH3 is 2. The number of nitriles is 2. The van der Waals surface area contributed by atoms with E-state index in [1.807, 2.05) is 6.07 Å². The first-order valence-corrected chi connectivity index (χ1v) is 40.5. The SMILES string of the molecule is C=CC(=O)OCC(=O)OC1C2CC3(C#N)C(O2)C1OS3(=O)=O.C=CC(=O)OCC(=O)OC1C2CC3(C(=O)OC)C(O2)C1OS3(=O)=O.C=CC(=O)OCC(=O)OC1C2OC3C1OS(=O)(=O)C3C2C#N.C=CC(=O)OCC(=O)OC1C2OS(=O)(=O)C3C2OC1C3C(=O)OC.C=CC(=O)OCC(=O)OC1C2OS(=O)(=O)C3C2OC1C3C(F)(F)F. The predicted molar refractivity (Wildman–Crippen MR) is 345 cm³/mol. The van der Waals surface area contributed by atoms with Gasteiger partial charge in [0, 0.05) is 43.2 Å². The molecule has 0 amide bonds. The highest BCUT2D eigenvalue weighted by Crippen LogP contribution is 2.59. The van der Waals surface area contributed by atoms with Gasteiger partial charge in [-0.3, -0.25) is 30.5 Å². The molecule has 0 saturated carbocycles. The summed E-state index contributed by atoms with van der Waals surface area (Å²) in [6.45, 7) is 12.3. The van der Waals surface area contributed by atoms with Gasteiger partial charge < -0.3 is 80.5 Å².